The minimum absolute atomic E-state index is 0. The van der Waals surface area contributed by atoms with Gasteiger partial charge in [0.15, 0.2) is 0 Å². The molecule has 0 saturated carbocycles. The fraction of sp³-hybridized carbons (Fsp3) is 0.700. The summed E-state index contributed by atoms with van der Waals surface area (Å²) in [5, 5.41) is 14.1. The first kappa shape index (κ1) is 23.8. The molecule has 1 aromatic rings. The zero-order valence-corrected chi connectivity index (χ0v) is 17.2. The Morgan fingerprint density at radius 1 is 0.958 bits per heavy atom. The molecule has 24 heavy (non-hydrogen) atoms. The van der Waals surface area contributed by atoms with Crippen molar-refractivity contribution >= 4 is 24.2 Å². The van der Waals surface area contributed by atoms with E-state index in [0.717, 1.165) is 24.3 Å². The van der Waals surface area contributed by atoms with Crippen LogP contribution in [0.4, 0.5) is 0 Å². The van der Waals surface area contributed by atoms with Gasteiger partial charge in [0.2, 0.25) is 0 Å². The van der Waals surface area contributed by atoms with Gasteiger partial charge in [0.1, 0.15) is 0 Å². The van der Waals surface area contributed by atoms with Gasteiger partial charge in [-0.05, 0) is 42.8 Å². The van der Waals surface area contributed by atoms with Gasteiger partial charge < -0.3 is 10.4 Å². The van der Waals surface area contributed by atoms with Crippen LogP contribution in [-0.4, -0.2) is 23.4 Å². The lowest BCUT2D eigenvalue weighted by molar-refractivity contribution is 0.126. The number of aliphatic hydroxyl groups is 1. The maximum atomic E-state index is 10.6. The average molecular weight is 374 g/mol. The van der Waals surface area contributed by atoms with Gasteiger partial charge >= 0.3 is 0 Å². The van der Waals surface area contributed by atoms with Gasteiger partial charge in [-0.3, -0.25) is 0 Å². The standard InChI is InChI=1S/C20H35NOS.ClH/c1-4-7-8-9-10-11-16-21-19(5-2)20(22)17-12-14-18(15-13-17)23-6-3;/h12-15,19-22H,4-11,16H2,1-3H3;1H. The number of thioether (sulfide) groups is 1. The Balaban J connectivity index is 0.00000529. The maximum absolute atomic E-state index is 10.6. The highest BCUT2D eigenvalue weighted by molar-refractivity contribution is 7.99. The second kappa shape index (κ2) is 15.1. The number of rotatable bonds is 13. The van der Waals surface area contributed by atoms with Crippen LogP contribution in [0.25, 0.3) is 0 Å². The lowest BCUT2D eigenvalue weighted by Gasteiger charge is -2.23. The summed E-state index contributed by atoms with van der Waals surface area (Å²) < 4.78 is 0. The number of hydrogen-bond donors (Lipinski definition) is 2. The van der Waals surface area contributed by atoms with Crippen LogP contribution in [0.5, 0.6) is 0 Å². The van der Waals surface area contributed by atoms with Crippen molar-refractivity contribution in [2.75, 3.05) is 12.3 Å². The van der Waals surface area contributed by atoms with Crippen molar-refractivity contribution < 1.29 is 5.11 Å². The number of hydrogen-bond acceptors (Lipinski definition) is 3. The summed E-state index contributed by atoms with van der Waals surface area (Å²) >= 11 is 1.84. The van der Waals surface area contributed by atoms with E-state index in [2.05, 4.69) is 50.4 Å². The van der Waals surface area contributed by atoms with Crippen LogP contribution in [0.1, 0.15) is 77.4 Å². The number of unbranched alkanes of at least 4 members (excludes halogenated alkanes) is 5. The predicted molar refractivity (Wildman–Crippen MR) is 111 cm³/mol. The minimum Gasteiger partial charge on any atom is -0.387 e. The molecule has 1 aromatic carbocycles. The van der Waals surface area contributed by atoms with E-state index >= 15 is 0 Å². The SMILES string of the molecule is CCCCCCCCNC(CC)C(O)c1ccc(SCC)cc1.Cl. The van der Waals surface area contributed by atoms with Crippen LogP contribution in [0.3, 0.4) is 0 Å². The summed E-state index contributed by atoms with van der Waals surface area (Å²) in [6.45, 7) is 7.56. The number of nitrogens with one attached hydrogen (secondary N) is 1. The molecule has 2 nitrogen and oxygen atoms in total. The molecule has 0 fully saturated rings. The topological polar surface area (TPSA) is 32.3 Å². The van der Waals surface area contributed by atoms with Crippen molar-refractivity contribution in [3.05, 3.63) is 29.8 Å². The third kappa shape index (κ3) is 9.31. The van der Waals surface area contributed by atoms with Gasteiger partial charge in [0.25, 0.3) is 0 Å². The fourth-order valence-corrected chi connectivity index (χ4v) is 3.49. The lowest BCUT2D eigenvalue weighted by atomic mass is 10.00. The van der Waals surface area contributed by atoms with E-state index in [1.165, 1.54) is 43.4 Å². The van der Waals surface area contributed by atoms with Crippen molar-refractivity contribution in [2.45, 2.75) is 82.8 Å². The monoisotopic (exact) mass is 373 g/mol. The van der Waals surface area contributed by atoms with E-state index in [0.29, 0.717) is 0 Å². The zero-order chi connectivity index (χ0) is 16.9. The van der Waals surface area contributed by atoms with Crippen LogP contribution in [0.2, 0.25) is 0 Å². The number of halogens is 1. The van der Waals surface area contributed by atoms with E-state index in [1.54, 1.807) is 0 Å². The molecule has 140 valence electrons. The molecular weight excluding hydrogens is 338 g/mol. The molecule has 0 amide bonds. The van der Waals surface area contributed by atoms with E-state index in [1.807, 2.05) is 11.8 Å². The van der Waals surface area contributed by atoms with Crippen LogP contribution in [0, 0.1) is 0 Å². The largest absolute Gasteiger partial charge is 0.387 e. The van der Waals surface area contributed by atoms with Gasteiger partial charge in [-0.15, -0.1) is 24.2 Å². The molecule has 0 bridgehead atoms. The van der Waals surface area contributed by atoms with Crippen molar-refractivity contribution in [1.29, 1.82) is 0 Å². The van der Waals surface area contributed by atoms with Crippen LogP contribution < -0.4 is 5.32 Å². The van der Waals surface area contributed by atoms with E-state index in [9.17, 15) is 5.11 Å². The van der Waals surface area contributed by atoms with E-state index in [4.69, 9.17) is 0 Å². The van der Waals surface area contributed by atoms with Crippen molar-refractivity contribution in [3.8, 4) is 0 Å². The van der Waals surface area contributed by atoms with Crippen molar-refractivity contribution in [1.82, 2.24) is 5.32 Å². The molecular formula is C20H36ClNOS. The van der Waals surface area contributed by atoms with Crippen molar-refractivity contribution in [3.63, 3.8) is 0 Å². The Morgan fingerprint density at radius 3 is 2.17 bits per heavy atom. The maximum Gasteiger partial charge on any atom is 0.0942 e. The summed E-state index contributed by atoms with van der Waals surface area (Å²) in [6.07, 6.45) is 8.39. The van der Waals surface area contributed by atoms with Gasteiger partial charge in [-0.2, -0.15) is 0 Å². The molecule has 2 unspecified atom stereocenters. The zero-order valence-electron chi connectivity index (χ0n) is 15.6. The van der Waals surface area contributed by atoms with Gasteiger partial charge in [-0.25, -0.2) is 0 Å². The van der Waals surface area contributed by atoms with Crippen molar-refractivity contribution in [2.24, 2.45) is 0 Å². The summed E-state index contributed by atoms with van der Waals surface area (Å²) in [6, 6.07) is 8.52. The molecule has 0 aliphatic heterocycles. The Morgan fingerprint density at radius 2 is 1.58 bits per heavy atom. The summed E-state index contributed by atoms with van der Waals surface area (Å²) in [4.78, 5) is 1.27. The molecule has 0 aliphatic carbocycles. The predicted octanol–water partition coefficient (Wildman–Crippen LogP) is 5.98. The summed E-state index contributed by atoms with van der Waals surface area (Å²) in [5.74, 6) is 1.08. The molecule has 4 heteroatoms. The molecule has 0 radical (unpaired) electrons. The van der Waals surface area contributed by atoms with Crippen LogP contribution in [-0.2, 0) is 0 Å². The quantitative estimate of drug-likeness (QED) is 0.329. The molecule has 2 N–H and O–H groups in total. The van der Waals surface area contributed by atoms with Crippen LogP contribution >= 0.6 is 24.2 Å². The first-order valence-corrected chi connectivity index (χ1v) is 10.4. The summed E-state index contributed by atoms with van der Waals surface area (Å²) in [5.41, 5.74) is 1.02. The molecule has 0 saturated heterocycles. The molecule has 0 aliphatic rings. The van der Waals surface area contributed by atoms with E-state index < -0.39 is 6.10 Å². The lowest BCUT2D eigenvalue weighted by Crippen LogP contribution is -2.35. The van der Waals surface area contributed by atoms with Gasteiger partial charge in [-0.1, -0.05) is 65.0 Å². The van der Waals surface area contributed by atoms with Crippen LogP contribution in [0.15, 0.2) is 29.2 Å². The highest BCUT2D eigenvalue weighted by Gasteiger charge is 2.18. The van der Waals surface area contributed by atoms with Gasteiger partial charge in [0.05, 0.1) is 6.10 Å². The second-order valence-electron chi connectivity index (χ2n) is 6.18. The Hall–Kier alpha value is -0.220. The Kier molecular flexibility index (Phi) is 14.9. The molecule has 0 spiro atoms. The van der Waals surface area contributed by atoms with Gasteiger partial charge in [0, 0.05) is 10.9 Å². The highest BCUT2D eigenvalue weighted by atomic mass is 35.5. The number of aliphatic hydroxyl groups excluding tert-OH is 1. The Labute approximate surface area is 159 Å². The average Bonchev–Trinajstić information content (AvgIpc) is 2.58. The third-order valence-corrected chi connectivity index (χ3v) is 5.18. The first-order valence-electron chi connectivity index (χ1n) is 9.37. The highest BCUT2D eigenvalue weighted by Crippen LogP contribution is 2.23. The summed E-state index contributed by atoms with van der Waals surface area (Å²) in [7, 11) is 0. The molecule has 0 heterocycles. The second-order valence-corrected chi connectivity index (χ2v) is 7.52. The minimum atomic E-state index is -0.416. The van der Waals surface area contributed by atoms with E-state index in [-0.39, 0.29) is 18.4 Å². The third-order valence-electron chi connectivity index (χ3n) is 4.29. The molecule has 2 atom stereocenters. The Bertz CT molecular complexity index is 399. The normalized spacial score (nSPS) is 13.3. The molecule has 1 rings (SSSR count). The smallest absolute Gasteiger partial charge is 0.0942 e. The first-order chi connectivity index (χ1) is 11.2. The number of benzene rings is 1. The fourth-order valence-electron chi connectivity index (χ4n) is 2.83. The molecule has 0 aromatic heterocycles.